The molecule has 7 nitrogen and oxygen atoms in total. The van der Waals surface area contributed by atoms with E-state index in [9.17, 15) is 17.8 Å². The standard InChI is InChI=1S/C19H19NO6S/c1-25-19(21)18(27(22,23)24)15-6-8-16(9-7-15)26-13-12-20-11-10-14-4-2-3-5-17(14)20/h2-11,18H,12-13H2,1H3,(H,22,23,24). The van der Waals surface area contributed by atoms with E-state index in [1.165, 1.54) is 12.1 Å². The molecule has 0 spiro atoms. The quantitative estimate of drug-likeness (QED) is 0.493. The third-order valence-electron chi connectivity index (χ3n) is 4.18. The van der Waals surface area contributed by atoms with Gasteiger partial charge in [-0.3, -0.25) is 9.35 Å². The molecule has 0 aliphatic rings. The molecule has 2 aromatic carbocycles. The molecule has 3 aromatic rings. The predicted molar refractivity (Wildman–Crippen MR) is 100 cm³/mol. The molecular weight excluding hydrogens is 370 g/mol. The van der Waals surface area contributed by atoms with E-state index in [2.05, 4.69) is 9.30 Å². The minimum absolute atomic E-state index is 0.105. The van der Waals surface area contributed by atoms with E-state index in [1.807, 2.05) is 36.5 Å². The van der Waals surface area contributed by atoms with Crippen molar-refractivity contribution in [1.29, 1.82) is 0 Å². The van der Waals surface area contributed by atoms with Crippen molar-refractivity contribution in [2.45, 2.75) is 11.8 Å². The lowest BCUT2D eigenvalue weighted by atomic mass is 10.1. The Morgan fingerprint density at radius 3 is 2.48 bits per heavy atom. The van der Waals surface area contributed by atoms with E-state index < -0.39 is 21.3 Å². The highest BCUT2D eigenvalue weighted by atomic mass is 32.2. The smallest absolute Gasteiger partial charge is 0.331 e. The highest BCUT2D eigenvalue weighted by Crippen LogP contribution is 2.25. The summed E-state index contributed by atoms with van der Waals surface area (Å²) < 4.78 is 44.4. The van der Waals surface area contributed by atoms with Gasteiger partial charge in [0.15, 0.2) is 0 Å². The van der Waals surface area contributed by atoms with Crippen LogP contribution in [0.4, 0.5) is 0 Å². The van der Waals surface area contributed by atoms with Gasteiger partial charge in [-0.1, -0.05) is 30.3 Å². The van der Waals surface area contributed by atoms with Crippen molar-refractivity contribution in [3.8, 4) is 5.75 Å². The molecule has 0 aliphatic carbocycles. The number of fused-ring (bicyclic) bond motifs is 1. The summed E-state index contributed by atoms with van der Waals surface area (Å²) in [6.45, 7) is 1.06. The van der Waals surface area contributed by atoms with E-state index in [0.717, 1.165) is 18.0 Å². The number of methoxy groups -OCH3 is 1. The number of hydrogen-bond acceptors (Lipinski definition) is 5. The fourth-order valence-corrected chi connectivity index (χ4v) is 3.71. The van der Waals surface area contributed by atoms with Crippen molar-refractivity contribution in [2.24, 2.45) is 0 Å². The first kappa shape index (κ1) is 18.9. The van der Waals surface area contributed by atoms with Crippen LogP contribution in [0.3, 0.4) is 0 Å². The van der Waals surface area contributed by atoms with E-state index in [-0.39, 0.29) is 5.56 Å². The molecule has 3 rings (SSSR count). The molecule has 8 heteroatoms. The normalized spacial score (nSPS) is 12.7. The first-order chi connectivity index (χ1) is 12.9. The predicted octanol–water partition coefficient (Wildman–Crippen LogP) is 2.82. The SMILES string of the molecule is COC(=O)C(c1ccc(OCCn2ccc3ccccc32)cc1)S(=O)(=O)O. The maximum absolute atomic E-state index is 11.7. The van der Waals surface area contributed by atoms with Gasteiger partial charge in [0.25, 0.3) is 10.1 Å². The third kappa shape index (κ3) is 4.29. The van der Waals surface area contributed by atoms with Gasteiger partial charge in [-0.25, -0.2) is 0 Å². The number of esters is 1. The van der Waals surface area contributed by atoms with Gasteiger partial charge in [-0.15, -0.1) is 0 Å². The lowest BCUT2D eigenvalue weighted by Crippen LogP contribution is -2.22. The summed E-state index contributed by atoms with van der Waals surface area (Å²) >= 11 is 0. The van der Waals surface area contributed by atoms with Crippen LogP contribution in [0.2, 0.25) is 0 Å². The second-order valence-electron chi connectivity index (χ2n) is 5.90. The summed E-state index contributed by atoms with van der Waals surface area (Å²) in [5.74, 6) is -0.528. The number of nitrogens with zero attached hydrogens (tertiary/aromatic N) is 1. The van der Waals surface area contributed by atoms with E-state index >= 15 is 0 Å². The molecule has 1 aromatic heterocycles. The lowest BCUT2D eigenvalue weighted by molar-refractivity contribution is -0.140. The van der Waals surface area contributed by atoms with Crippen LogP contribution in [0.1, 0.15) is 10.8 Å². The first-order valence-corrected chi connectivity index (χ1v) is 9.71. The fraction of sp³-hybridized carbons (Fsp3) is 0.211. The maximum atomic E-state index is 11.7. The monoisotopic (exact) mass is 389 g/mol. The van der Waals surface area contributed by atoms with Gasteiger partial charge < -0.3 is 14.0 Å². The zero-order valence-electron chi connectivity index (χ0n) is 14.6. The Bertz CT molecular complexity index is 1040. The highest BCUT2D eigenvalue weighted by molar-refractivity contribution is 7.86. The number of benzene rings is 2. The number of para-hydroxylation sites is 1. The molecule has 1 N–H and O–H groups in total. The van der Waals surface area contributed by atoms with E-state index in [4.69, 9.17) is 4.74 Å². The van der Waals surface area contributed by atoms with Crippen molar-refractivity contribution in [3.05, 3.63) is 66.4 Å². The Hall–Kier alpha value is -2.84. The summed E-state index contributed by atoms with van der Waals surface area (Å²) in [6.07, 6.45) is 1.99. The highest BCUT2D eigenvalue weighted by Gasteiger charge is 2.33. The Kier molecular flexibility index (Phi) is 5.48. The van der Waals surface area contributed by atoms with Gasteiger partial charge in [0.1, 0.15) is 12.4 Å². The second kappa shape index (κ2) is 7.81. The van der Waals surface area contributed by atoms with Crippen LogP contribution in [0.25, 0.3) is 10.9 Å². The van der Waals surface area contributed by atoms with Gasteiger partial charge in [-0.05, 0) is 35.2 Å². The number of aromatic nitrogens is 1. The minimum Gasteiger partial charge on any atom is -0.492 e. The van der Waals surface area contributed by atoms with Crippen LogP contribution in [0.15, 0.2) is 60.8 Å². The summed E-state index contributed by atoms with van der Waals surface area (Å²) in [5, 5.41) is -0.622. The van der Waals surface area contributed by atoms with Crippen LogP contribution >= 0.6 is 0 Å². The molecule has 0 radical (unpaired) electrons. The number of carbonyl (C=O) groups excluding carboxylic acids is 1. The summed E-state index contributed by atoms with van der Waals surface area (Å²) in [6, 6.07) is 16.0. The van der Waals surface area contributed by atoms with Gasteiger partial charge in [0.05, 0.1) is 13.7 Å². The topological polar surface area (TPSA) is 94.8 Å². The Labute approximate surface area is 156 Å². The summed E-state index contributed by atoms with van der Waals surface area (Å²) in [4.78, 5) is 11.7. The molecule has 0 amide bonds. The molecule has 142 valence electrons. The number of hydrogen-bond donors (Lipinski definition) is 1. The fourth-order valence-electron chi connectivity index (χ4n) is 2.87. The van der Waals surface area contributed by atoms with Crippen molar-refractivity contribution < 1.29 is 27.2 Å². The first-order valence-electron chi connectivity index (χ1n) is 8.21. The largest absolute Gasteiger partial charge is 0.492 e. The van der Waals surface area contributed by atoms with Gasteiger partial charge in [0, 0.05) is 11.7 Å². The summed E-state index contributed by atoms with van der Waals surface area (Å²) in [7, 11) is -3.57. The molecule has 0 bridgehead atoms. The molecule has 1 unspecified atom stereocenters. The number of rotatable bonds is 7. The van der Waals surface area contributed by atoms with Crippen LogP contribution in [0.5, 0.6) is 5.75 Å². The average molecular weight is 389 g/mol. The molecule has 0 saturated carbocycles. The van der Waals surface area contributed by atoms with Crippen molar-refractivity contribution in [2.75, 3.05) is 13.7 Å². The third-order valence-corrected chi connectivity index (χ3v) is 5.24. The Balaban J connectivity index is 1.66. The zero-order valence-corrected chi connectivity index (χ0v) is 15.4. The van der Waals surface area contributed by atoms with Crippen LogP contribution in [-0.2, 0) is 26.2 Å². The van der Waals surface area contributed by atoms with Gasteiger partial charge in [-0.2, -0.15) is 8.42 Å². The number of ether oxygens (including phenoxy) is 2. The van der Waals surface area contributed by atoms with Crippen LogP contribution in [-0.4, -0.2) is 37.2 Å². The molecule has 27 heavy (non-hydrogen) atoms. The Morgan fingerprint density at radius 2 is 1.81 bits per heavy atom. The van der Waals surface area contributed by atoms with Crippen molar-refractivity contribution >= 4 is 27.0 Å². The van der Waals surface area contributed by atoms with Crippen molar-refractivity contribution in [3.63, 3.8) is 0 Å². The molecule has 1 atom stereocenters. The molecule has 0 fully saturated rings. The Morgan fingerprint density at radius 1 is 1.11 bits per heavy atom. The second-order valence-corrected chi connectivity index (χ2v) is 7.40. The molecule has 0 saturated heterocycles. The van der Waals surface area contributed by atoms with Gasteiger partial charge in [0.2, 0.25) is 5.25 Å². The van der Waals surface area contributed by atoms with E-state index in [0.29, 0.717) is 18.9 Å². The molecule has 1 heterocycles. The van der Waals surface area contributed by atoms with Crippen LogP contribution in [0, 0.1) is 0 Å². The average Bonchev–Trinajstić information content (AvgIpc) is 3.05. The van der Waals surface area contributed by atoms with Crippen LogP contribution < -0.4 is 4.74 Å². The molecule has 0 aliphatic heterocycles. The van der Waals surface area contributed by atoms with E-state index in [1.54, 1.807) is 12.1 Å². The maximum Gasteiger partial charge on any atom is 0.331 e. The molecular formula is C19H19NO6S. The lowest BCUT2D eigenvalue weighted by Gasteiger charge is -2.13. The summed E-state index contributed by atoms with van der Waals surface area (Å²) in [5.41, 5.74) is 1.22. The van der Waals surface area contributed by atoms with Gasteiger partial charge >= 0.3 is 5.97 Å². The van der Waals surface area contributed by atoms with Crippen molar-refractivity contribution in [1.82, 2.24) is 4.57 Å². The zero-order chi connectivity index (χ0) is 19.4. The number of carbonyl (C=O) groups is 1. The minimum atomic E-state index is -4.63.